The van der Waals surface area contributed by atoms with Crippen molar-refractivity contribution in [2.45, 2.75) is 32.8 Å². The van der Waals surface area contributed by atoms with Crippen LogP contribution in [0.3, 0.4) is 0 Å². The maximum Gasteiger partial charge on any atom is 0.339 e. The van der Waals surface area contributed by atoms with Gasteiger partial charge in [0.1, 0.15) is 24.0 Å². The van der Waals surface area contributed by atoms with Crippen LogP contribution in [0.2, 0.25) is 5.02 Å². The van der Waals surface area contributed by atoms with E-state index in [9.17, 15) is 9.90 Å². The molecule has 0 spiro atoms. The number of carbonyl (C=O) groups excluding carboxylic acids is 1. The summed E-state index contributed by atoms with van der Waals surface area (Å²) < 4.78 is 28.1. The van der Waals surface area contributed by atoms with Crippen molar-refractivity contribution in [3.63, 3.8) is 0 Å². The van der Waals surface area contributed by atoms with Crippen molar-refractivity contribution >= 4 is 45.8 Å². The largest absolute Gasteiger partial charge is 0.494 e. The molecule has 0 amide bonds. The number of anilines is 3. The fourth-order valence-electron chi connectivity index (χ4n) is 4.99. The number of piperidine rings is 1. The first-order valence-corrected chi connectivity index (χ1v) is 15.0. The maximum absolute atomic E-state index is 12.3. The summed E-state index contributed by atoms with van der Waals surface area (Å²) in [5, 5.41) is 14.0. The number of nitrogens with zero attached hydrogens (tertiary/aromatic N) is 4. The van der Waals surface area contributed by atoms with Gasteiger partial charge in [-0.05, 0) is 51.0 Å². The first-order chi connectivity index (χ1) is 21.8. The van der Waals surface area contributed by atoms with E-state index in [0.29, 0.717) is 39.7 Å². The number of pyridine rings is 1. The Morgan fingerprint density at radius 2 is 1.78 bits per heavy atom. The zero-order valence-corrected chi connectivity index (χ0v) is 26.4. The number of rotatable bonds is 12. The van der Waals surface area contributed by atoms with E-state index in [1.807, 2.05) is 18.2 Å². The van der Waals surface area contributed by atoms with Gasteiger partial charge in [-0.15, -0.1) is 0 Å². The van der Waals surface area contributed by atoms with Crippen LogP contribution in [-0.2, 0) is 4.74 Å². The molecule has 45 heavy (non-hydrogen) atoms. The summed E-state index contributed by atoms with van der Waals surface area (Å²) in [6, 6.07) is 11.1. The van der Waals surface area contributed by atoms with Crippen molar-refractivity contribution in [2.24, 2.45) is 0 Å². The molecular formula is C32H36ClN5O7. The van der Waals surface area contributed by atoms with Gasteiger partial charge in [-0.2, -0.15) is 4.98 Å². The lowest BCUT2D eigenvalue weighted by Crippen LogP contribution is -2.35. The van der Waals surface area contributed by atoms with Crippen molar-refractivity contribution in [2.75, 3.05) is 57.3 Å². The number of aryl methyl sites for hydroxylation is 1. The topological polar surface area (TPSA) is 137 Å². The minimum Gasteiger partial charge on any atom is -0.494 e. The molecule has 3 heterocycles. The Balaban J connectivity index is 1.23. The lowest BCUT2D eigenvalue weighted by atomic mass is 10.1. The number of ether oxygens (including phenoxy) is 5. The number of esters is 1. The lowest BCUT2D eigenvalue weighted by Gasteiger charge is -2.31. The Morgan fingerprint density at radius 3 is 2.51 bits per heavy atom. The van der Waals surface area contributed by atoms with Crippen LogP contribution in [0, 0.1) is 6.92 Å². The molecule has 5 rings (SSSR count). The molecule has 1 aliphatic rings. The second kappa shape index (κ2) is 14.5. The highest BCUT2D eigenvalue weighted by Crippen LogP contribution is 2.34. The highest BCUT2D eigenvalue weighted by Gasteiger charge is 2.19. The summed E-state index contributed by atoms with van der Waals surface area (Å²) in [7, 11) is 3.14. The Hall–Kier alpha value is -4.55. The SMILES string of the molecule is CCOC(=O)c1cc2cc(OC)c(OCCOc3nc(Nc4ccc(N5CCC(O)CC5)cc4OC)ncc3Cl)cc2nc1C. The number of halogens is 1. The second-order valence-corrected chi connectivity index (χ2v) is 10.7. The van der Waals surface area contributed by atoms with Crippen LogP contribution in [0.25, 0.3) is 10.9 Å². The molecule has 0 radical (unpaired) electrons. The molecule has 2 aromatic carbocycles. The van der Waals surface area contributed by atoms with Gasteiger partial charge >= 0.3 is 5.97 Å². The number of nitrogens with one attached hydrogen (secondary N) is 1. The third-order valence-electron chi connectivity index (χ3n) is 7.34. The lowest BCUT2D eigenvalue weighted by molar-refractivity contribution is 0.0525. The second-order valence-electron chi connectivity index (χ2n) is 10.3. The van der Waals surface area contributed by atoms with Crippen molar-refractivity contribution in [3.8, 4) is 23.1 Å². The molecule has 0 aliphatic carbocycles. The molecule has 13 heteroatoms. The number of hydrogen-bond acceptors (Lipinski definition) is 12. The van der Waals surface area contributed by atoms with Crippen molar-refractivity contribution in [3.05, 3.63) is 58.9 Å². The smallest absolute Gasteiger partial charge is 0.339 e. The van der Waals surface area contributed by atoms with Gasteiger partial charge in [0.2, 0.25) is 11.8 Å². The minimum absolute atomic E-state index is 0.133. The molecule has 1 aliphatic heterocycles. The zero-order valence-electron chi connectivity index (χ0n) is 25.6. The van der Waals surface area contributed by atoms with E-state index in [2.05, 4.69) is 25.2 Å². The Morgan fingerprint density at radius 1 is 1.02 bits per heavy atom. The highest BCUT2D eigenvalue weighted by molar-refractivity contribution is 6.31. The predicted molar refractivity (Wildman–Crippen MR) is 171 cm³/mol. The molecule has 0 unspecified atom stereocenters. The van der Waals surface area contributed by atoms with E-state index >= 15 is 0 Å². The molecule has 0 atom stereocenters. The molecule has 1 fully saturated rings. The summed E-state index contributed by atoms with van der Waals surface area (Å²) in [5.74, 6) is 1.62. The molecular weight excluding hydrogens is 602 g/mol. The van der Waals surface area contributed by atoms with Crippen LogP contribution >= 0.6 is 11.6 Å². The Labute approximate surface area is 266 Å². The van der Waals surface area contributed by atoms with E-state index in [1.54, 1.807) is 39.2 Å². The summed E-state index contributed by atoms with van der Waals surface area (Å²) in [4.78, 5) is 27.8. The molecule has 1 saturated heterocycles. The average molecular weight is 638 g/mol. The standard InChI is InChI=1S/C32H36ClN5O7/c1-5-43-31(40)23-14-20-15-28(42-4)29(17-26(20)35-19(23)2)44-12-13-45-30-24(33)18-34-32(37-30)36-25-7-6-21(16-27(25)41-3)38-10-8-22(39)9-11-38/h6-7,14-18,22,39H,5,8-13H2,1-4H3,(H,34,36,37). The fourth-order valence-corrected chi connectivity index (χ4v) is 5.14. The van der Waals surface area contributed by atoms with E-state index in [0.717, 1.165) is 37.0 Å². The van der Waals surface area contributed by atoms with Gasteiger partial charge in [-0.25, -0.2) is 9.78 Å². The first-order valence-electron chi connectivity index (χ1n) is 14.6. The molecule has 238 valence electrons. The van der Waals surface area contributed by atoms with Crippen LogP contribution < -0.4 is 29.2 Å². The third kappa shape index (κ3) is 7.58. The number of carbonyl (C=O) groups is 1. The van der Waals surface area contributed by atoms with Crippen molar-refractivity contribution < 1.29 is 33.6 Å². The van der Waals surface area contributed by atoms with E-state index in [-0.39, 0.29) is 42.8 Å². The summed E-state index contributed by atoms with van der Waals surface area (Å²) in [6.07, 6.45) is 2.69. The minimum atomic E-state index is -0.422. The van der Waals surface area contributed by atoms with E-state index in [4.69, 9.17) is 35.3 Å². The maximum atomic E-state index is 12.3. The van der Waals surface area contributed by atoms with Gasteiger partial charge in [0.15, 0.2) is 11.5 Å². The van der Waals surface area contributed by atoms with Crippen LogP contribution in [0.1, 0.15) is 35.8 Å². The van der Waals surface area contributed by atoms with Crippen LogP contribution in [0.4, 0.5) is 17.3 Å². The number of benzene rings is 2. The predicted octanol–water partition coefficient (Wildman–Crippen LogP) is 5.34. The van der Waals surface area contributed by atoms with Gasteiger partial charge in [-0.1, -0.05) is 11.6 Å². The molecule has 4 aromatic rings. The quantitative estimate of drug-likeness (QED) is 0.153. The Bertz CT molecular complexity index is 1660. The molecule has 2 N–H and O–H groups in total. The van der Waals surface area contributed by atoms with Gasteiger partial charge < -0.3 is 39.0 Å². The van der Waals surface area contributed by atoms with Crippen LogP contribution in [-0.4, -0.2) is 79.3 Å². The molecule has 0 bridgehead atoms. The van der Waals surface area contributed by atoms with E-state index in [1.165, 1.54) is 13.3 Å². The molecule has 12 nitrogen and oxygen atoms in total. The number of aliphatic hydroxyl groups excluding tert-OH is 1. The van der Waals surface area contributed by atoms with Gasteiger partial charge in [0.25, 0.3) is 0 Å². The van der Waals surface area contributed by atoms with Crippen LogP contribution in [0.5, 0.6) is 23.1 Å². The normalized spacial score (nSPS) is 13.4. The number of methoxy groups -OCH3 is 2. The molecule has 0 saturated carbocycles. The first kappa shape index (κ1) is 31.9. The summed E-state index contributed by atoms with van der Waals surface area (Å²) in [5.41, 5.74) is 3.29. The number of fused-ring (bicyclic) bond motifs is 1. The number of aromatic nitrogens is 3. The fraction of sp³-hybridized carbons (Fsp3) is 0.375. The van der Waals surface area contributed by atoms with Crippen LogP contribution in [0.15, 0.2) is 42.6 Å². The van der Waals surface area contributed by atoms with Gasteiger partial charge in [-0.3, -0.25) is 4.98 Å². The Kier molecular flexibility index (Phi) is 10.3. The monoisotopic (exact) mass is 637 g/mol. The van der Waals surface area contributed by atoms with Crippen molar-refractivity contribution in [1.29, 1.82) is 0 Å². The highest BCUT2D eigenvalue weighted by atomic mass is 35.5. The summed E-state index contributed by atoms with van der Waals surface area (Å²) >= 11 is 6.33. The van der Waals surface area contributed by atoms with E-state index < -0.39 is 5.97 Å². The summed E-state index contributed by atoms with van der Waals surface area (Å²) in [6.45, 7) is 5.65. The molecule has 2 aromatic heterocycles. The van der Waals surface area contributed by atoms with Gasteiger partial charge in [0, 0.05) is 36.3 Å². The third-order valence-corrected chi connectivity index (χ3v) is 7.60. The average Bonchev–Trinajstić information content (AvgIpc) is 3.04. The zero-order chi connectivity index (χ0) is 31.9. The number of aliphatic hydroxyl groups is 1. The van der Waals surface area contributed by atoms with Gasteiger partial charge in [0.05, 0.1) is 55.6 Å². The van der Waals surface area contributed by atoms with Crippen molar-refractivity contribution in [1.82, 2.24) is 15.0 Å². The number of hydrogen-bond donors (Lipinski definition) is 2.